The maximum absolute atomic E-state index is 5.59. The number of rotatable bonds is 6. The van der Waals surface area contributed by atoms with Crippen molar-refractivity contribution in [2.24, 2.45) is 0 Å². The minimum absolute atomic E-state index is 0.370. The summed E-state index contributed by atoms with van der Waals surface area (Å²) in [5.74, 6) is 2.48. The molecule has 2 rings (SSSR count). The molecule has 1 aliphatic rings. The van der Waals surface area contributed by atoms with Gasteiger partial charge in [0.05, 0.1) is 0 Å². The molecule has 0 fully saturated rings. The molecule has 0 amide bonds. The predicted molar refractivity (Wildman–Crippen MR) is 78.3 cm³/mol. The van der Waals surface area contributed by atoms with Gasteiger partial charge in [0, 0.05) is 9.99 Å². The second-order valence-electron chi connectivity index (χ2n) is 4.43. The van der Waals surface area contributed by atoms with Crippen LogP contribution in [0.25, 0.3) is 0 Å². The summed E-state index contributed by atoms with van der Waals surface area (Å²) >= 11 is 2.47. The molecule has 0 N–H and O–H groups in total. The first-order valence-corrected chi connectivity index (χ1v) is 7.83. The van der Waals surface area contributed by atoms with Gasteiger partial charge in [-0.1, -0.05) is 60.9 Å². The number of benzene rings is 1. The van der Waals surface area contributed by atoms with Gasteiger partial charge in [-0.05, 0) is 18.4 Å². The van der Waals surface area contributed by atoms with Gasteiger partial charge < -0.3 is 9.47 Å². The summed E-state index contributed by atoms with van der Waals surface area (Å²) in [6.45, 7) is 2.62. The first-order chi connectivity index (χ1) is 8.36. The summed E-state index contributed by atoms with van der Waals surface area (Å²) < 4.78 is 12.2. The van der Waals surface area contributed by atoms with Crippen LogP contribution in [0.15, 0.2) is 18.2 Å². The summed E-state index contributed by atoms with van der Waals surface area (Å²) in [5, 5.41) is 0. The number of para-hydroxylation sites is 1. The molecular formula is C14H19IO2. The number of unbranched alkanes of at least 4 members (excludes halogenated alkanes) is 2. The van der Waals surface area contributed by atoms with Crippen molar-refractivity contribution < 1.29 is 9.47 Å². The van der Waals surface area contributed by atoms with Gasteiger partial charge in [0.2, 0.25) is 6.79 Å². The lowest BCUT2D eigenvalue weighted by molar-refractivity contribution is 0.173. The van der Waals surface area contributed by atoms with E-state index in [4.69, 9.17) is 9.47 Å². The smallest absolute Gasteiger partial charge is 0.231 e. The van der Waals surface area contributed by atoms with Crippen molar-refractivity contribution in [2.45, 2.75) is 38.5 Å². The summed E-state index contributed by atoms with van der Waals surface area (Å²) in [6, 6.07) is 6.24. The van der Waals surface area contributed by atoms with E-state index in [0.717, 1.165) is 15.9 Å². The Morgan fingerprint density at radius 1 is 1.29 bits per heavy atom. The first kappa shape index (κ1) is 13.0. The van der Waals surface area contributed by atoms with E-state index in [2.05, 4.69) is 41.6 Å². The Kier molecular flexibility index (Phi) is 4.95. The van der Waals surface area contributed by atoms with Crippen molar-refractivity contribution >= 4 is 22.6 Å². The van der Waals surface area contributed by atoms with Gasteiger partial charge in [-0.2, -0.15) is 0 Å². The maximum Gasteiger partial charge on any atom is 0.231 e. The highest BCUT2D eigenvalue weighted by molar-refractivity contribution is 14.1. The Bertz CT molecular complexity index is 365. The highest BCUT2D eigenvalue weighted by Gasteiger charge is 2.22. The van der Waals surface area contributed by atoms with Crippen LogP contribution in [-0.4, -0.2) is 11.2 Å². The SMILES string of the molecule is CCCCCC(CI)c1cccc2c1OCO2. The van der Waals surface area contributed by atoms with E-state index in [-0.39, 0.29) is 0 Å². The molecule has 1 aromatic rings. The van der Waals surface area contributed by atoms with Crippen molar-refractivity contribution in [2.75, 3.05) is 11.2 Å². The number of ether oxygens (including phenoxy) is 2. The molecule has 0 saturated heterocycles. The molecule has 3 heteroatoms. The van der Waals surface area contributed by atoms with Crippen molar-refractivity contribution in [3.8, 4) is 11.5 Å². The average Bonchev–Trinajstić information content (AvgIpc) is 2.83. The van der Waals surface area contributed by atoms with E-state index < -0.39 is 0 Å². The molecule has 1 aliphatic heterocycles. The fourth-order valence-electron chi connectivity index (χ4n) is 2.23. The minimum Gasteiger partial charge on any atom is -0.454 e. The van der Waals surface area contributed by atoms with E-state index in [1.807, 2.05) is 6.07 Å². The van der Waals surface area contributed by atoms with Crippen LogP contribution in [0.2, 0.25) is 0 Å². The Morgan fingerprint density at radius 2 is 2.18 bits per heavy atom. The van der Waals surface area contributed by atoms with Crippen LogP contribution in [0.5, 0.6) is 11.5 Å². The van der Waals surface area contributed by atoms with Crippen LogP contribution in [0.1, 0.15) is 44.1 Å². The van der Waals surface area contributed by atoms with E-state index in [1.54, 1.807) is 0 Å². The van der Waals surface area contributed by atoms with Crippen molar-refractivity contribution in [3.05, 3.63) is 23.8 Å². The van der Waals surface area contributed by atoms with E-state index in [1.165, 1.54) is 31.2 Å². The molecule has 1 unspecified atom stereocenters. The Hall–Kier alpha value is -0.450. The summed E-state index contributed by atoms with van der Waals surface area (Å²) in [6.07, 6.45) is 5.14. The number of halogens is 1. The Balaban J connectivity index is 2.11. The van der Waals surface area contributed by atoms with E-state index >= 15 is 0 Å². The molecule has 1 aromatic carbocycles. The standard InChI is InChI=1S/C14H19IO2/c1-2-3-4-6-11(9-15)12-7-5-8-13-14(12)17-10-16-13/h5,7-8,11H,2-4,6,9-10H2,1H3. The van der Waals surface area contributed by atoms with Crippen molar-refractivity contribution in [1.82, 2.24) is 0 Å². The van der Waals surface area contributed by atoms with E-state index in [9.17, 15) is 0 Å². The third-order valence-electron chi connectivity index (χ3n) is 3.21. The minimum atomic E-state index is 0.370. The molecule has 0 aliphatic carbocycles. The average molecular weight is 346 g/mol. The lowest BCUT2D eigenvalue weighted by Crippen LogP contribution is -2.02. The third kappa shape index (κ3) is 3.06. The fourth-order valence-corrected chi connectivity index (χ4v) is 3.15. The quantitative estimate of drug-likeness (QED) is 0.429. The number of alkyl halides is 1. The molecule has 1 heterocycles. The van der Waals surface area contributed by atoms with Crippen molar-refractivity contribution in [1.29, 1.82) is 0 Å². The molecule has 2 nitrogen and oxygen atoms in total. The van der Waals surface area contributed by atoms with Crippen LogP contribution in [-0.2, 0) is 0 Å². The molecule has 0 bridgehead atoms. The molecule has 94 valence electrons. The van der Waals surface area contributed by atoms with Gasteiger partial charge in [0.15, 0.2) is 11.5 Å². The second-order valence-corrected chi connectivity index (χ2v) is 5.31. The molecule has 1 atom stereocenters. The lowest BCUT2D eigenvalue weighted by atomic mass is 9.94. The monoisotopic (exact) mass is 346 g/mol. The molecule has 0 spiro atoms. The van der Waals surface area contributed by atoms with Crippen LogP contribution < -0.4 is 9.47 Å². The molecule has 17 heavy (non-hydrogen) atoms. The number of hydrogen-bond donors (Lipinski definition) is 0. The van der Waals surface area contributed by atoms with Crippen LogP contribution in [0, 0.1) is 0 Å². The summed E-state index contributed by atoms with van der Waals surface area (Å²) in [7, 11) is 0. The number of hydrogen-bond acceptors (Lipinski definition) is 2. The molecule has 0 saturated carbocycles. The van der Waals surface area contributed by atoms with E-state index in [0.29, 0.717) is 12.7 Å². The van der Waals surface area contributed by atoms with Gasteiger partial charge >= 0.3 is 0 Å². The van der Waals surface area contributed by atoms with Gasteiger partial charge in [-0.3, -0.25) is 0 Å². The predicted octanol–water partition coefficient (Wildman–Crippen LogP) is 4.51. The maximum atomic E-state index is 5.59. The number of fused-ring (bicyclic) bond motifs is 1. The highest BCUT2D eigenvalue weighted by atomic mass is 127. The van der Waals surface area contributed by atoms with Gasteiger partial charge in [-0.15, -0.1) is 0 Å². The molecular weight excluding hydrogens is 327 g/mol. The zero-order valence-electron chi connectivity index (χ0n) is 10.2. The Morgan fingerprint density at radius 3 is 2.94 bits per heavy atom. The Labute approximate surface area is 117 Å². The van der Waals surface area contributed by atoms with Gasteiger partial charge in [0.1, 0.15) is 0 Å². The first-order valence-electron chi connectivity index (χ1n) is 6.31. The highest BCUT2D eigenvalue weighted by Crippen LogP contribution is 2.41. The fraction of sp³-hybridized carbons (Fsp3) is 0.571. The molecule has 0 radical (unpaired) electrons. The van der Waals surface area contributed by atoms with Crippen LogP contribution >= 0.6 is 22.6 Å². The zero-order chi connectivity index (χ0) is 12.1. The normalized spacial score (nSPS) is 14.9. The van der Waals surface area contributed by atoms with Crippen LogP contribution in [0.3, 0.4) is 0 Å². The zero-order valence-corrected chi connectivity index (χ0v) is 12.4. The largest absolute Gasteiger partial charge is 0.454 e. The topological polar surface area (TPSA) is 18.5 Å². The summed E-state index contributed by atoms with van der Waals surface area (Å²) in [4.78, 5) is 0. The third-order valence-corrected chi connectivity index (χ3v) is 4.27. The summed E-state index contributed by atoms with van der Waals surface area (Å²) in [5.41, 5.74) is 1.32. The molecule has 0 aromatic heterocycles. The lowest BCUT2D eigenvalue weighted by Gasteiger charge is -2.16. The van der Waals surface area contributed by atoms with Crippen LogP contribution in [0.4, 0.5) is 0 Å². The van der Waals surface area contributed by atoms with Gasteiger partial charge in [0.25, 0.3) is 0 Å². The van der Waals surface area contributed by atoms with Crippen molar-refractivity contribution in [3.63, 3.8) is 0 Å². The van der Waals surface area contributed by atoms with Gasteiger partial charge in [-0.25, -0.2) is 0 Å². The second kappa shape index (κ2) is 6.47.